The molecule has 0 rings (SSSR count). The van der Waals surface area contributed by atoms with Crippen LogP contribution in [0.25, 0.3) is 0 Å². The zero-order valence-electron chi connectivity index (χ0n) is 9.98. The monoisotopic (exact) mass is 217 g/mol. The van der Waals surface area contributed by atoms with E-state index in [1.807, 2.05) is 6.92 Å². The molecule has 84 valence electrons. The summed E-state index contributed by atoms with van der Waals surface area (Å²) in [5.41, 5.74) is 0.107. The van der Waals surface area contributed by atoms with Gasteiger partial charge in [-0.15, -0.1) is 0 Å². The van der Waals surface area contributed by atoms with Crippen molar-refractivity contribution in [3.05, 3.63) is 0 Å². The van der Waals surface area contributed by atoms with Gasteiger partial charge in [0.1, 0.15) is 0 Å². The predicted molar refractivity (Wildman–Crippen MR) is 64.8 cm³/mol. The van der Waals surface area contributed by atoms with E-state index in [0.29, 0.717) is 6.42 Å². The van der Waals surface area contributed by atoms with Crippen LogP contribution >= 0.6 is 12.6 Å². The Labute approximate surface area is 93.3 Å². The van der Waals surface area contributed by atoms with Crippen LogP contribution in [0, 0.1) is 5.41 Å². The fourth-order valence-electron chi connectivity index (χ4n) is 1.70. The van der Waals surface area contributed by atoms with Gasteiger partial charge in [-0.05, 0) is 11.8 Å². The molecule has 0 aromatic rings. The fourth-order valence-corrected chi connectivity index (χ4v) is 2.12. The van der Waals surface area contributed by atoms with Crippen molar-refractivity contribution in [1.82, 2.24) is 5.32 Å². The number of carbonyl (C=O) groups is 1. The van der Waals surface area contributed by atoms with Gasteiger partial charge in [-0.2, -0.15) is 12.6 Å². The summed E-state index contributed by atoms with van der Waals surface area (Å²) < 4.78 is 0.0143. The first kappa shape index (κ1) is 13.8. The second-order valence-electron chi connectivity index (χ2n) is 5.28. The van der Waals surface area contributed by atoms with Crippen LogP contribution in [0.5, 0.6) is 0 Å². The maximum absolute atomic E-state index is 11.1. The molecular weight excluding hydrogens is 194 g/mol. The second-order valence-corrected chi connectivity index (χ2v) is 6.49. The average molecular weight is 217 g/mol. The van der Waals surface area contributed by atoms with Crippen molar-refractivity contribution in [3.8, 4) is 0 Å². The van der Waals surface area contributed by atoms with Crippen LogP contribution < -0.4 is 5.32 Å². The minimum atomic E-state index is 0.0143. The predicted octanol–water partition coefficient (Wildman–Crippen LogP) is 2.64. The topological polar surface area (TPSA) is 29.1 Å². The number of carbonyl (C=O) groups excluding carboxylic acids is 1. The molecule has 0 aromatic carbocycles. The van der Waals surface area contributed by atoms with Crippen LogP contribution in [0.2, 0.25) is 0 Å². The molecule has 0 fully saturated rings. The smallest absolute Gasteiger partial charge is 0.219 e. The van der Waals surface area contributed by atoms with E-state index in [0.717, 1.165) is 13.0 Å². The fraction of sp³-hybridized carbons (Fsp3) is 0.909. The van der Waals surface area contributed by atoms with E-state index in [2.05, 4.69) is 45.6 Å². The summed E-state index contributed by atoms with van der Waals surface area (Å²) in [6.07, 6.45) is 1.54. The number of rotatable bonds is 5. The molecule has 1 N–H and O–H groups in total. The molecule has 0 saturated heterocycles. The van der Waals surface area contributed by atoms with E-state index >= 15 is 0 Å². The van der Waals surface area contributed by atoms with Crippen molar-refractivity contribution in [3.63, 3.8) is 0 Å². The van der Waals surface area contributed by atoms with Crippen LogP contribution in [0.3, 0.4) is 0 Å². The molecule has 0 radical (unpaired) electrons. The highest BCUT2D eigenvalue weighted by atomic mass is 32.1. The first-order valence-electron chi connectivity index (χ1n) is 5.15. The van der Waals surface area contributed by atoms with Gasteiger partial charge in [-0.25, -0.2) is 0 Å². The SMILES string of the molecule is CCC(=O)NCC(C)(C)CC(C)(C)S. The van der Waals surface area contributed by atoms with Crippen molar-refractivity contribution >= 4 is 18.5 Å². The molecule has 0 aliphatic rings. The molecule has 0 heterocycles. The standard InChI is InChI=1S/C11H23NOS/c1-6-9(13)12-8-10(2,3)7-11(4,5)14/h14H,6-8H2,1-5H3,(H,12,13). The minimum absolute atomic E-state index is 0.0143. The summed E-state index contributed by atoms with van der Waals surface area (Å²) in [6, 6.07) is 0. The Morgan fingerprint density at radius 1 is 1.29 bits per heavy atom. The van der Waals surface area contributed by atoms with Crippen LogP contribution in [-0.4, -0.2) is 17.2 Å². The van der Waals surface area contributed by atoms with Gasteiger partial charge in [0, 0.05) is 17.7 Å². The molecular formula is C11H23NOS. The Morgan fingerprint density at radius 2 is 1.79 bits per heavy atom. The number of nitrogens with one attached hydrogen (secondary N) is 1. The quantitative estimate of drug-likeness (QED) is 0.681. The van der Waals surface area contributed by atoms with Gasteiger partial charge >= 0.3 is 0 Å². The molecule has 0 atom stereocenters. The number of hydrogen-bond donors (Lipinski definition) is 2. The first-order chi connectivity index (χ1) is 6.16. The lowest BCUT2D eigenvalue weighted by atomic mass is 9.83. The van der Waals surface area contributed by atoms with E-state index in [1.54, 1.807) is 0 Å². The number of amides is 1. The number of hydrogen-bond acceptors (Lipinski definition) is 2. The zero-order chi connectivity index (χ0) is 11.4. The molecule has 1 amide bonds. The highest BCUT2D eigenvalue weighted by molar-refractivity contribution is 7.81. The van der Waals surface area contributed by atoms with Crippen LogP contribution in [0.1, 0.15) is 47.5 Å². The van der Waals surface area contributed by atoms with Crippen molar-refractivity contribution < 1.29 is 4.79 Å². The van der Waals surface area contributed by atoms with Crippen molar-refractivity contribution in [2.45, 2.75) is 52.2 Å². The van der Waals surface area contributed by atoms with E-state index in [-0.39, 0.29) is 16.1 Å². The average Bonchev–Trinajstić information content (AvgIpc) is 1.96. The molecule has 0 unspecified atom stereocenters. The van der Waals surface area contributed by atoms with Gasteiger partial charge in [0.2, 0.25) is 5.91 Å². The molecule has 0 aromatic heterocycles. The minimum Gasteiger partial charge on any atom is -0.356 e. The molecule has 14 heavy (non-hydrogen) atoms. The summed E-state index contributed by atoms with van der Waals surface area (Å²) >= 11 is 4.50. The Balaban J connectivity index is 4.01. The molecule has 0 bridgehead atoms. The zero-order valence-corrected chi connectivity index (χ0v) is 10.9. The van der Waals surface area contributed by atoms with Crippen molar-refractivity contribution in [2.24, 2.45) is 5.41 Å². The molecule has 0 saturated carbocycles. The van der Waals surface area contributed by atoms with Crippen molar-refractivity contribution in [1.29, 1.82) is 0 Å². The van der Waals surface area contributed by atoms with Gasteiger partial charge in [0.25, 0.3) is 0 Å². The second kappa shape index (κ2) is 5.06. The maximum atomic E-state index is 11.1. The Morgan fingerprint density at radius 3 is 2.14 bits per heavy atom. The highest BCUT2D eigenvalue weighted by Crippen LogP contribution is 2.30. The largest absolute Gasteiger partial charge is 0.356 e. The summed E-state index contributed by atoms with van der Waals surface area (Å²) in [6.45, 7) is 11.1. The van der Waals surface area contributed by atoms with Gasteiger partial charge in [-0.1, -0.05) is 34.6 Å². The van der Waals surface area contributed by atoms with E-state index in [4.69, 9.17) is 0 Å². The van der Waals surface area contributed by atoms with E-state index in [9.17, 15) is 4.79 Å². The summed E-state index contributed by atoms with van der Waals surface area (Å²) in [7, 11) is 0. The van der Waals surface area contributed by atoms with Gasteiger partial charge in [0.15, 0.2) is 0 Å². The van der Waals surface area contributed by atoms with E-state index < -0.39 is 0 Å². The molecule has 0 aliphatic carbocycles. The third-order valence-corrected chi connectivity index (χ3v) is 2.15. The lowest BCUT2D eigenvalue weighted by Crippen LogP contribution is -2.36. The lowest BCUT2D eigenvalue weighted by molar-refractivity contribution is -0.121. The maximum Gasteiger partial charge on any atom is 0.219 e. The van der Waals surface area contributed by atoms with E-state index in [1.165, 1.54) is 0 Å². The third kappa shape index (κ3) is 7.25. The van der Waals surface area contributed by atoms with Crippen LogP contribution in [-0.2, 0) is 4.79 Å². The summed E-state index contributed by atoms with van der Waals surface area (Å²) in [5.74, 6) is 0.120. The van der Waals surface area contributed by atoms with Crippen LogP contribution in [0.15, 0.2) is 0 Å². The van der Waals surface area contributed by atoms with Gasteiger partial charge in [-0.3, -0.25) is 4.79 Å². The Hall–Kier alpha value is -0.180. The molecule has 0 spiro atoms. The Kier molecular flexibility index (Phi) is 4.99. The normalized spacial score (nSPS) is 12.7. The summed E-state index contributed by atoms with van der Waals surface area (Å²) in [5, 5.41) is 2.92. The van der Waals surface area contributed by atoms with Gasteiger partial charge in [0.05, 0.1) is 0 Å². The van der Waals surface area contributed by atoms with Crippen LogP contribution in [0.4, 0.5) is 0 Å². The molecule has 3 heteroatoms. The molecule has 2 nitrogen and oxygen atoms in total. The third-order valence-electron chi connectivity index (χ3n) is 2.00. The Bertz CT molecular complexity index is 194. The molecule has 0 aliphatic heterocycles. The van der Waals surface area contributed by atoms with Gasteiger partial charge < -0.3 is 5.32 Å². The van der Waals surface area contributed by atoms with Crippen molar-refractivity contribution in [2.75, 3.05) is 6.54 Å². The summed E-state index contributed by atoms with van der Waals surface area (Å²) in [4.78, 5) is 11.1. The lowest BCUT2D eigenvalue weighted by Gasteiger charge is -2.31. The highest BCUT2D eigenvalue weighted by Gasteiger charge is 2.26. The first-order valence-corrected chi connectivity index (χ1v) is 5.60. The number of thiol groups is 1.